The van der Waals surface area contributed by atoms with Crippen molar-refractivity contribution in [3.05, 3.63) is 42.3 Å². The van der Waals surface area contributed by atoms with E-state index < -0.39 is 15.7 Å². The highest BCUT2D eigenvalue weighted by atomic mass is 32.2. The highest BCUT2D eigenvalue weighted by molar-refractivity contribution is 7.90. The van der Waals surface area contributed by atoms with E-state index in [4.69, 9.17) is 0 Å². The summed E-state index contributed by atoms with van der Waals surface area (Å²) in [6.45, 7) is 0. The first kappa shape index (κ1) is 10.7. The molecule has 0 unspecified atom stereocenters. The first-order valence-corrected chi connectivity index (χ1v) is 5.97. The van der Waals surface area contributed by atoms with Gasteiger partial charge in [0, 0.05) is 0 Å². The van der Waals surface area contributed by atoms with Crippen LogP contribution in [0.4, 0.5) is 4.39 Å². The van der Waals surface area contributed by atoms with Crippen LogP contribution < -0.4 is 0 Å². The van der Waals surface area contributed by atoms with Gasteiger partial charge in [0.05, 0.1) is 4.90 Å². The molecular formula is C9H7FN2O3S. The molecule has 16 heavy (non-hydrogen) atoms. The second kappa shape index (κ2) is 4.01. The predicted molar refractivity (Wildman–Crippen MR) is 51.6 cm³/mol. The molecule has 0 radical (unpaired) electrons. The summed E-state index contributed by atoms with van der Waals surface area (Å²) in [4.78, 5) is 3.64. The minimum Gasteiger partial charge on any atom is -0.343 e. The quantitative estimate of drug-likeness (QED) is 0.756. The summed E-state index contributed by atoms with van der Waals surface area (Å²) in [6.07, 6.45) is 1.05. The Balaban J connectivity index is 2.29. The van der Waals surface area contributed by atoms with Gasteiger partial charge in [0.2, 0.25) is 6.39 Å². The van der Waals surface area contributed by atoms with Gasteiger partial charge in [-0.05, 0) is 24.3 Å². The van der Waals surface area contributed by atoms with Gasteiger partial charge in [-0.2, -0.15) is 4.98 Å². The van der Waals surface area contributed by atoms with E-state index in [0.29, 0.717) is 0 Å². The van der Waals surface area contributed by atoms with Gasteiger partial charge < -0.3 is 4.52 Å². The Kier molecular flexibility index (Phi) is 2.69. The lowest BCUT2D eigenvalue weighted by Gasteiger charge is -2.00. The second-order valence-corrected chi connectivity index (χ2v) is 5.05. The number of sulfone groups is 1. The van der Waals surface area contributed by atoms with Crippen LogP contribution in [0.3, 0.4) is 0 Å². The lowest BCUT2D eigenvalue weighted by Crippen LogP contribution is -2.06. The molecule has 1 aromatic carbocycles. The molecule has 2 rings (SSSR count). The molecule has 0 atom stereocenters. The number of aromatic nitrogens is 2. The van der Waals surface area contributed by atoms with Crippen molar-refractivity contribution in [3.8, 4) is 0 Å². The number of halogens is 1. The molecule has 0 aliphatic rings. The molecule has 2 aromatic rings. The summed E-state index contributed by atoms with van der Waals surface area (Å²) >= 11 is 0. The molecule has 5 nitrogen and oxygen atoms in total. The van der Waals surface area contributed by atoms with Crippen molar-refractivity contribution in [1.82, 2.24) is 10.1 Å². The fraction of sp³-hybridized carbons (Fsp3) is 0.111. The molecule has 0 aliphatic heterocycles. The monoisotopic (exact) mass is 242 g/mol. The first-order chi connectivity index (χ1) is 7.58. The van der Waals surface area contributed by atoms with Gasteiger partial charge in [0.25, 0.3) is 0 Å². The minimum atomic E-state index is -3.55. The highest BCUT2D eigenvalue weighted by Crippen LogP contribution is 2.14. The molecule has 0 saturated heterocycles. The average Bonchev–Trinajstić information content (AvgIpc) is 2.70. The second-order valence-electron chi connectivity index (χ2n) is 3.06. The summed E-state index contributed by atoms with van der Waals surface area (Å²) in [5.41, 5.74) is 0. The summed E-state index contributed by atoms with van der Waals surface area (Å²) in [5, 5.41) is 3.41. The maximum absolute atomic E-state index is 12.6. The zero-order chi connectivity index (χ0) is 11.6. The smallest absolute Gasteiger partial charge is 0.213 e. The Hall–Kier alpha value is -1.76. The van der Waals surface area contributed by atoms with E-state index in [-0.39, 0.29) is 16.5 Å². The molecule has 0 aliphatic carbocycles. The SMILES string of the molecule is O=S(=O)(Cc1ncon1)c1ccc(F)cc1. The summed E-state index contributed by atoms with van der Waals surface area (Å²) in [5.74, 6) is -0.780. The van der Waals surface area contributed by atoms with E-state index in [0.717, 1.165) is 18.5 Å². The molecule has 0 fully saturated rings. The van der Waals surface area contributed by atoms with Crippen LogP contribution in [0.15, 0.2) is 40.1 Å². The third kappa shape index (κ3) is 2.25. The van der Waals surface area contributed by atoms with Gasteiger partial charge >= 0.3 is 0 Å². The predicted octanol–water partition coefficient (Wildman–Crippen LogP) is 1.18. The number of hydrogen-bond acceptors (Lipinski definition) is 5. The Morgan fingerprint density at radius 2 is 1.94 bits per heavy atom. The van der Waals surface area contributed by atoms with Crippen LogP contribution in [0.25, 0.3) is 0 Å². The van der Waals surface area contributed by atoms with Crippen molar-refractivity contribution in [2.75, 3.05) is 0 Å². The third-order valence-electron chi connectivity index (χ3n) is 1.90. The van der Waals surface area contributed by atoms with Crippen LogP contribution in [0.1, 0.15) is 5.82 Å². The van der Waals surface area contributed by atoms with Crippen molar-refractivity contribution >= 4 is 9.84 Å². The van der Waals surface area contributed by atoms with E-state index in [9.17, 15) is 12.8 Å². The topological polar surface area (TPSA) is 73.1 Å². The van der Waals surface area contributed by atoms with Gasteiger partial charge in [-0.3, -0.25) is 0 Å². The maximum Gasteiger partial charge on any atom is 0.213 e. The minimum absolute atomic E-state index is 0.0266. The lowest BCUT2D eigenvalue weighted by molar-refractivity contribution is 0.411. The van der Waals surface area contributed by atoms with E-state index in [2.05, 4.69) is 14.7 Å². The van der Waals surface area contributed by atoms with E-state index >= 15 is 0 Å². The van der Waals surface area contributed by atoms with Crippen LogP contribution in [0, 0.1) is 5.82 Å². The van der Waals surface area contributed by atoms with Crippen LogP contribution in [0.2, 0.25) is 0 Å². The van der Waals surface area contributed by atoms with Crippen LogP contribution in [0.5, 0.6) is 0 Å². The van der Waals surface area contributed by atoms with E-state index in [1.807, 2.05) is 0 Å². The van der Waals surface area contributed by atoms with Crippen molar-refractivity contribution in [3.63, 3.8) is 0 Å². The molecule has 84 valence electrons. The van der Waals surface area contributed by atoms with Gasteiger partial charge in [-0.1, -0.05) is 5.16 Å². The van der Waals surface area contributed by atoms with Gasteiger partial charge in [0.15, 0.2) is 15.7 Å². The van der Waals surface area contributed by atoms with Gasteiger partial charge in [0.1, 0.15) is 11.6 Å². The molecular weight excluding hydrogens is 235 g/mol. The molecule has 1 heterocycles. The van der Waals surface area contributed by atoms with Gasteiger partial charge in [-0.15, -0.1) is 0 Å². The van der Waals surface area contributed by atoms with Crippen LogP contribution in [-0.2, 0) is 15.6 Å². The maximum atomic E-state index is 12.6. The molecule has 0 N–H and O–H groups in total. The molecule has 0 bridgehead atoms. The zero-order valence-corrected chi connectivity index (χ0v) is 8.82. The van der Waals surface area contributed by atoms with Crippen molar-refractivity contribution in [1.29, 1.82) is 0 Å². The van der Waals surface area contributed by atoms with Crippen LogP contribution in [-0.4, -0.2) is 18.6 Å². The fourth-order valence-electron chi connectivity index (χ4n) is 1.15. The standard InChI is InChI=1S/C9H7FN2O3S/c10-7-1-3-8(4-2-7)16(13,14)5-9-11-6-15-12-9/h1-4,6H,5H2. The van der Waals surface area contributed by atoms with Gasteiger partial charge in [-0.25, -0.2) is 12.8 Å². The molecule has 1 aromatic heterocycles. The van der Waals surface area contributed by atoms with Crippen molar-refractivity contribution in [2.45, 2.75) is 10.6 Å². The van der Waals surface area contributed by atoms with Crippen molar-refractivity contribution < 1.29 is 17.3 Å². The molecule has 0 amide bonds. The molecule has 0 spiro atoms. The lowest BCUT2D eigenvalue weighted by atomic mass is 10.4. The Bertz CT molecular complexity index is 563. The molecule has 7 heteroatoms. The Morgan fingerprint density at radius 3 is 2.50 bits per heavy atom. The Labute approximate surface area is 90.8 Å². The highest BCUT2D eigenvalue weighted by Gasteiger charge is 2.17. The third-order valence-corrected chi connectivity index (χ3v) is 3.53. The van der Waals surface area contributed by atoms with Crippen LogP contribution >= 0.6 is 0 Å². The largest absolute Gasteiger partial charge is 0.343 e. The van der Waals surface area contributed by atoms with Crippen molar-refractivity contribution in [2.24, 2.45) is 0 Å². The number of nitrogens with zero attached hydrogens (tertiary/aromatic N) is 2. The fourth-order valence-corrected chi connectivity index (χ4v) is 2.34. The van der Waals surface area contributed by atoms with E-state index in [1.54, 1.807) is 0 Å². The summed E-state index contributed by atoms with van der Waals surface area (Å²) in [6, 6.07) is 4.57. The number of rotatable bonds is 3. The summed E-state index contributed by atoms with van der Waals surface area (Å²) < 4.78 is 40.6. The average molecular weight is 242 g/mol. The summed E-state index contributed by atoms with van der Waals surface area (Å²) in [7, 11) is -3.55. The normalized spacial score (nSPS) is 11.6. The first-order valence-electron chi connectivity index (χ1n) is 4.31. The van der Waals surface area contributed by atoms with E-state index in [1.165, 1.54) is 12.1 Å². The number of hydrogen-bond donors (Lipinski definition) is 0. The number of benzene rings is 1. The Morgan fingerprint density at radius 1 is 1.25 bits per heavy atom. The zero-order valence-electron chi connectivity index (χ0n) is 8.00. The molecule has 0 saturated carbocycles.